The van der Waals surface area contributed by atoms with Gasteiger partial charge in [-0.15, -0.1) is 0 Å². The number of Topliss-reactive ketones (excluding diaryl/α,β-unsaturated/α-hetero) is 1. The van der Waals surface area contributed by atoms with Crippen LogP contribution >= 0.6 is 15.9 Å². The molecule has 0 fully saturated rings. The van der Waals surface area contributed by atoms with E-state index in [1.54, 1.807) is 30.3 Å². The molecule has 4 aromatic rings. The van der Waals surface area contributed by atoms with Crippen molar-refractivity contribution in [2.24, 2.45) is 0 Å². The Labute approximate surface area is 195 Å². The Bertz CT molecular complexity index is 1300. The third kappa shape index (κ3) is 4.78. The lowest BCUT2D eigenvalue weighted by molar-refractivity contribution is 0.0476. The molecule has 1 heterocycles. The number of halogens is 1. The maximum atomic E-state index is 13.0. The molecule has 0 atom stereocenters. The lowest BCUT2D eigenvalue weighted by atomic mass is 10.0. The highest BCUT2D eigenvalue weighted by Crippen LogP contribution is 2.27. The third-order valence-electron chi connectivity index (χ3n) is 5.34. The highest BCUT2D eigenvalue weighted by atomic mass is 79.9. The number of aromatic nitrogens is 1. The van der Waals surface area contributed by atoms with Gasteiger partial charge in [-0.1, -0.05) is 70.9 Å². The van der Waals surface area contributed by atoms with Crippen LogP contribution in [-0.4, -0.2) is 23.3 Å². The van der Waals surface area contributed by atoms with Gasteiger partial charge in [-0.2, -0.15) is 0 Å². The molecule has 0 N–H and O–H groups in total. The molecule has 3 aromatic carbocycles. The summed E-state index contributed by atoms with van der Waals surface area (Å²) in [5, 5.41) is 0.708. The first-order chi connectivity index (χ1) is 15.4. The quantitative estimate of drug-likeness (QED) is 0.227. The first-order valence-electron chi connectivity index (χ1n) is 10.4. The number of hydrogen-bond acceptors (Lipinski definition) is 4. The van der Waals surface area contributed by atoms with E-state index < -0.39 is 5.97 Å². The fourth-order valence-electron chi connectivity index (χ4n) is 3.50. The second-order valence-corrected chi connectivity index (χ2v) is 8.55. The maximum Gasteiger partial charge on any atom is 0.339 e. The summed E-state index contributed by atoms with van der Waals surface area (Å²) < 4.78 is 6.30. The number of ether oxygens (including phenoxy) is 1. The molecule has 0 saturated heterocycles. The van der Waals surface area contributed by atoms with Crippen LogP contribution in [0.5, 0.6) is 0 Å². The number of aryl methyl sites for hydroxylation is 2. The predicted molar refractivity (Wildman–Crippen MR) is 130 cm³/mol. The Morgan fingerprint density at radius 1 is 0.938 bits per heavy atom. The molecule has 0 saturated carbocycles. The lowest BCUT2D eigenvalue weighted by Crippen LogP contribution is -2.15. The van der Waals surface area contributed by atoms with Crippen molar-refractivity contribution < 1.29 is 14.3 Å². The van der Waals surface area contributed by atoms with Gasteiger partial charge in [0.1, 0.15) is 0 Å². The molecule has 0 amide bonds. The van der Waals surface area contributed by atoms with Gasteiger partial charge < -0.3 is 4.74 Å². The molecular weight excluding hydrogens is 466 g/mol. The van der Waals surface area contributed by atoms with Crippen molar-refractivity contribution >= 4 is 38.6 Å². The van der Waals surface area contributed by atoms with Crippen LogP contribution in [0.1, 0.15) is 38.8 Å². The smallest absolute Gasteiger partial charge is 0.339 e. The molecule has 4 rings (SSSR count). The van der Waals surface area contributed by atoms with Gasteiger partial charge in [-0.25, -0.2) is 9.78 Å². The van der Waals surface area contributed by atoms with Gasteiger partial charge in [-0.3, -0.25) is 4.79 Å². The molecule has 4 nitrogen and oxygen atoms in total. The number of ketones is 1. The normalized spacial score (nSPS) is 10.8. The van der Waals surface area contributed by atoms with E-state index in [9.17, 15) is 9.59 Å². The van der Waals surface area contributed by atoms with Gasteiger partial charge in [0.05, 0.1) is 16.8 Å². The number of pyridine rings is 1. The molecule has 32 heavy (non-hydrogen) atoms. The van der Waals surface area contributed by atoms with Crippen molar-refractivity contribution in [3.63, 3.8) is 0 Å². The number of esters is 1. The summed E-state index contributed by atoms with van der Waals surface area (Å²) in [7, 11) is 0. The molecule has 5 heteroatoms. The molecule has 1 aromatic heterocycles. The standard InChI is InChI=1S/C27H22BrNO3/c1-3-18-5-7-19(8-6-18)25-15-23(22-14-17(2)4-13-24(22)29-25)27(31)32-16-26(30)20-9-11-21(28)12-10-20/h4-15H,3,16H2,1-2H3. The first-order valence-corrected chi connectivity index (χ1v) is 11.2. The van der Waals surface area contributed by atoms with Gasteiger partial charge in [0, 0.05) is 21.0 Å². The average molecular weight is 488 g/mol. The summed E-state index contributed by atoms with van der Waals surface area (Å²) in [4.78, 5) is 30.2. The van der Waals surface area contributed by atoms with Crippen LogP contribution in [-0.2, 0) is 11.2 Å². The Balaban J connectivity index is 1.66. The van der Waals surface area contributed by atoms with E-state index in [4.69, 9.17) is 9.72 Å². The Morgan fingerprint density at radius 3 is 2.34 bits per heavy atom. The Kier molecular flexibility index (Phi) is 6.47. The highest BCUT2D eigenvalue weighted by molar-refractivity contribution is 9.10. The molecule has 160 valence electrons. The van der Waals surface area contributed by atoms with E-state index >= 15 is 0 Å². The zero-order valence-electron chi connectivity index (χ0n) is 17.9. The minimum absolute atomic E-state index is 0.254. The van der Waals surface area contributed by atoms with Gasteiger partial charge in [0.2, 0.25) is 0 Å². The van der Waals surface area contributed by atoms with Gasteiger partial charge in [0.15, 0.2) is 12.4 Å². The minimum Gasteiger partial charge on any atom is -0.454 e. The van der Waals surface area contributed by atoms with Crippen LogP contribution in [0, 0.1) is 6.92 Å². The first kappa shape index (κ1) is 21.9. The number of nitrogens with zero attached hydrogens (tertiary/aromatic N) is 1. The van der Waals surface area contributed by atoms with Crippen molar-refractivity contribution in [2.45, 2.75) is 20.3 Å². The summed E-state index contributed by atoms with van der Waals surface area (Å²) in [6.07, 6.45) is 0.953. The summed E-state index contributed by atoms with van der Waals surface area (Å²) in [6.45, 7) is 3.74. The Morgan fingerprint density at radius 2 is 1.66 bits per heavy atom. The molecular formula is C27H22BrNO3. The average Bonchev–Trinajstić information content (AvgIpc) is 2.82. The lowest BCUT2D eigenvalue weighted by Gasteiger charge is -2.11. The monoisotopic (exact) mass is 487 g/mol. The summed E-state index contributed by atoms with van der Waals surface area (Å²) >= 11 is 3.35. The zero-order chi connectivity index (χ0) is 22.7. The van der Waals surface area contributed by atoms with Gasteiger partial charge >= 0.3 is 5.97 Å². The van der Waals surface area contributed by atoms with E-state index in [0.29, 0.717) is 27.7 Å². The second kappa shape index (κ2) is 9.45. The number of benzene rings is 3. The van der Waals surface area contributed by atoms with Crippen LogP contribution in [0.3, 0.4) is 0 Å². The largest absolute Gasteiger partial charge is 0.454 e. The van der Waals surface area contributed by atoms with Gasteiger partial charge in [0.25, 0.3) is 0 Å². The van der Waals surface area contributed by atoms with Crippen LogP contribution in [0.4, 0.5) is 0 Å². The van der Waals surface area contributed by atoms with Crippen molar-refractivity contribution in [1.29, 1.82) is 0 Å². The molecule has 0 aliphatic carbocycles. The van der Waals surface area contributed by atoms with E-state index in [0.717, 1.165) is 22.0 Å². The summed E-state index contributed by atoms with van der Waals surface area (Å²) in [5.41, 5.74) is 5.46. The molecule has 0 bridgehead atoms. The minimum atomic E-state index is -0.542. The van der Waals surface area contributed by atoms with Crippen molar-refractivity contribution in [1.82, 2.24) is 4.98 Å². The zero-order valence-corrected chi connectivity index (χ0v) is 19.5. The van der Waals surface area contributed by atoms with E-state index in [1.165, 1.54) is 5.56 Å². The Hall–Kier alpha value is -3.31. The maximum absolute atomic E-state index is 13.0. The van der Waals surface area contributed by atoms with Crippen molar-refractivity contribution in [3.8, 4) is 11.3 Å². The molecule has 0 aliphatic rings. The number of rotatable bonds is 6. The highest BCUT2D eigenvalue weighted by Gasteiger charge is 2.17. The number of hydrogen-bond donors (Lipinski definition) is 0. The van der Waals surface area contributed by atoms with Crippen LogP contribution in [0.2, 0.25) is 0 Å². The predicted octanol–water partition coefficient (Wildman–Crippen LogP) is 6.57. The molecule has 0 aliphatic heterocycles. The number of fused-ring (bicyclic) bond motifs is 1. The summed E-state index contributed by atoms with van der Waals surface area (Å²) in [5.74, 6) is -0.796. The van der Waals surface area contributed by atoms with E-state index in [-0.39, 0.29) is 12.4 Å². The van der Waals surface area contributed by atoms with Crippen molar-refractivity contribution in [2.75, 3.05) is 6.61 Å². The molecule has 0 unspecified atom stereocenters. The molecule has 0 radical (unpaired) electrons. The number of carbonyl (C=O) groups excluding carboxylic acids is 2. The third-order valence-corrected chi connectivity index (χ3v) is 5.87. The van der Waals surface area contributed by atoms with Crippen molar-refractivity contribution in [3.05, 3.63) is 99.5 Å². The fraction of sp³-hybridized carbons (Fsp3) is 0.148. The SMILES string of the molecule is CCc1ccc(-c2cc(C(=O)OCC(=O)c3ccc(Br)cc3)c3cc(C)ccc3n2)cc1. The molecule has 0 spiro atoms. The summed E-state index contributed by atoms with van der Waals surface area (Å²) in [6, 6.07) is 22.6. The number of carbonyl (C=O) groups is 2. The van der Waals surface area contributed by atoms with E-state index in [1.807, 2.05) is 37.3 Å². The fourth-order valence-corrected chi connectivity index (χ4v) is 3.76. The van der Waals surface area contributed by atoms with Gasteiger partial charge in [-0.05, 0) is 49.2 Å². The van der Waals surface area contributed by atoms with Crippen LogP contribution in [0.25, 0.3) is 22.2 Å². The van der Waals surface area contributed by atoms with E-state index in [2.05, 4.69) is 35.0 Å². The second-order valence-electron chi connectivity index (χ2n) is 7.63. The van der Waals surface area contributed by atoms with Crippen LogP contribution < -0.4 is 0 Å². The topological polar surface area (TPSA) is 56.3 Å². The van der Waals surface area contributed by atoms with Crippen LogP contribution in [0.15, 0.2) is 77.3 Å².